The maximum atomic E-state index is 12.5. The van der Waals surface area contributed by atoms with Gasteiger partial charge in [0.25, 0.3) is 5.91 Å². The van der Waals surface area contributed by atoms with E-state index in [-0.39, 0.29) is 5.91 Å². The van der Waals surface area contributed by atoms with E-state index in [1.807, 2.05) is 24.3 Å². The summed E-state index contributed by atoms with van der Waals surface area (Å²) < 4.78 is 0. The fourth-order valence-electron chi connectivity index (χ4n) is 5.19. The minimum atomic E-state index is 0.0936. The van der Waals surface area contributed by atoms with Gasteiger partial charge in [-0.2, -0.15) is 0 Å². The van der Waals surface area contributed by atoms with E-state index < -0.39 is 0 Å². The second kappa shape index (κ2) is 5.13. The second-order valence-electron chi connectivity index (χ2n) is 7.33. The Labute approximate surface area is 126 Å². The number of carbonyl (C=O) groups excluding carboxylic acids is 1. The van der Waals surface area contributed by atoms with Crippen molar-refractivity contribution in [3.8, 4) is 0 Å². The number of nitrogens with two attached hydrogens (primary N) is 1. The van der Waals surface area contributed by atoms with E-state index in [9.17, 15) is 4.79 Å². The zero-order chi connectivity index (χ0) is 14.4. The quantitative estimate of drug-likeness (QED) is 0.896. The molecule has 4 aliphatic rings. The zero-order valence-corrected chi connectivity index (χ0v) is 12.4. The van der Waals surface area contributed by atoms with Crippen LogP contribution in [0.4, 0.5) is 0 Å². The van der Waals surface area contributed by atoms with Crippen LogP contribution in [0.2, 0.25) is 0 Å². The van der Waals surface area contributed by atoms with Gasteiger partial charge in [-0.05, 0) is 73.5 Å². The van der Waals surface area contributed by atoms with Crippen LogP contribution in [-0.4, -0.2) is 11.9 Å². The fraction of sp³-hybridized carbons (Fsp3) is 0.611. The lowest BCUT2D eigenvalue weighted by Gasteiger charge is -2.54. The van der Waals surface area contributed by atoms with Gasteiger partial charge in [-0.25, -0.2) is 0 Å². The summed E-state index contributed by atoms with van der Waals surface area (Å²) in [6, 6.07) is 8.11. The van der Waals surface area contributed by atoms with Crippen molar-refractivity contribution in [1.82, 2.24) is 5.32 Å². The van der Waals surface area contributed by atoms with Crippen LogP contribution in [0.15, 0.2) is 24.3 Å². The Morgan fingerprint density at radius 2 is 1.57 bits per heavy atom. The Bertz CT molecular complexity index is 509. The van der Waals surface area contributed by atoms with Crippen LogP contribution < -0.4 is 11.1 Å². The number of hydrogen-bond acceptors (Lipinski definition) is 2. The molecule has 0 atom stereocenters. The summed E-state index contributed by atoms with van der Waals surface area (Å²) in [5.74, 6) is 3.45. The largest absolute Gasteiger partial charge is 0.349 e. The molecule has 0 aromatic heterocycles. The molecule has 112 valence electrons. The van der Waals surface area contributed by atoms with Gasteiger partial charge >= 0.3 is 0 Å². The highest BCUT2D eigenvalue weighted by molar-refractivity contribution is 5.94. The van der Waals surface area contributed by atoms with Crippen molar-refractivity contribution in [1.29, 1.82) is 0 Å². The van der Waals surface area contributed by atoms with Crippen molar-refractivity contribution in [3.63, 3.8) is 0 Å². The van der Waals surface area contributed by atoms with Gasteiger partial charge in [-0.3, -0.25) is 4.79 Å². The number of amides is 1. The van der Waals surface area contributed by atoms with E-state index in [0.29, 0.717) is 12.6 Å². The van der Waals surface area contributed by atoms with Crippen molar-refractivity contribution in [3.05, 3.63) is 35.4 Å². The third-order valence-corrected chi connectivity index (χ3v) is 5.98. The van der Waals surface area contributed by atoms with Crippen molar-refractivity contribution >= 4 is 5.91 Å². The first kappa shape index (κ1) is 13.3. The number of benzene rings is 1. The number of carbonyl (C=O) groups is 1. The molecule has 1 aromatic carbocycles. The van der Waals surface area contributed by atoms with E-state index in [1.54, 1.807) is 0 Å². The fourth-order valence-corrected chi connectivity index (χ4v) is 5.19. The molecule has 1 amide bonds. The molecule has 3 N–H and O–H groups in total. The molecule has 21 heavy (non-hydrogen) atoms. The topological polar surface area (TPSA) is 55.1 Å². The average molecular weight is 284 g/mol. The highest BCUT2D eigenvalue weighted by atomic mass is 16.1. The highest BCUT2D eigenvalue weighted by Crippen LogP contribution is 2.53. The van der Waals surface area contributed by atoms with E-state index in [1.165, 1.54) is 32.1 Å². The molecule has 0 heterocycles. The highest BCUT2D eigenvalue weighted by Gasteiger charge is 2.48. The molecule has 3 heteroatoms. The summed E-state index contributed by atoms with van der Waals surface area (Å²) in [5.41, 5.74) is 7.44. The molecule has 4 saturated carbocycles. The van der Waals surface area contributed by atoms with Gasteiger partial charge in [0, 0.05) is 18.2 Å². The van der Waals surface area contributed by atoms with Crippen LogP contribution in [0, 0.1) is 23.7 Å². The van der Waals surface area contributed by atoms with E-state index >= 15 is 0 Å². The monoisotopic (exact) mass is 284 g/mol. The minimum Gasteiger partial charge on any atom is -0.349 e. The first-order valence-corrected chi connectivity index (χ1v) is 8.33. The lowest BCUT2D eigenvalue weighted by atomic mass is 9.54. The summed E-state index contributed by atoms with van der Waals surface area (Å²) in [4.78, 5) is 12.5. The smallest absolute Gasteiger partial charge is 0.251 e. The first-order valence-electron chi connectivity index (χ1n) is 8.33. The Kier molecular flexibility index (Phi) is 3.26. The van der Waals surface area contributed by atoms with E-state index in [0.717, 1.165) is 34.8 Å². The van der Waals surface area contributed by atoms with Crippen molar-refractivity contribution in [2.45, 2.75) is 44.7 Å². The third-order valence-electron chi connectivity index (χ3n) is 5.98. The summed E-state index contributed by atoms with van der Waals surface area (Å²) in [6.07, 6.45) is 6.80. The molecule has 4 aliphatic carbocycles. The molecule has 5 rings (SSSR count). The molecule has 0 saturated heterocycles. The predicted molar refractivity (Wildman–Crippen MR) is 82.6 cm³/mol. The van der Waals surface area contributed by atoms with Crippen LogP contribution in [0.1, 0.15) is 48.0 Å². The Balaban J connectivity index is 1.46. The van der Waals surface area contributed by atoms with E-state index in [4.69, 9.17) is 5.73 Å². The number of hydrogen-bond donors (Lipinski definition) is 2. The van der Waals surface area contributed by atoms with Gasteiger partial charge in [-0.1, -0.05) is 12.1 Å². The van der Waals surface area contributed by atoms with Crippen LogP contribution in [0.25, 0.3) is 0 Å². The Hall–Kier alpha value is -1.35. The van der Waals surface area contributed by atoms with Gasteiger partial charge in [-0.15, -0.1) is 0 Å². The standard InChI is InChI=1S/C18H24N2O/c19-10-11-1-3-14(4-2-11)18(21)20-17-15-6-12-5-13(8-15)9-16(17)7-12/h1-4,12-13,15-17H,5-10,19H2,(H,20,21). The summed E-state index contributed by atoms with van der Waals surface area (Å²) >= 11 is 0. The van der Waals surface area contributed by atoms with Gasteiger partial charge in [0.15, 0.2) is 0 Å². The number of nitrogens with one attached hydrogen (secondary N) is 1. The van der Waals surface area contributed by atoms with Crippen LogP contribution >= 0.6 is 0 Å². The maximum Gasteiger partial charge on any atom is 0.251 e. The summed E-state index contributed by atoms with van der Waals surface area (Å²) in [5, 5.41) is 3.35. The Morgan fingerprint density at radius 3 is 2.10 bits per heavy atom. The molecule has 0 aliphatic heterocycles. The van der Waals surface area contributed by atoms with Gasteiger partial charge in [0.05, 0.1) is 0 Å². The predicted octanol–water partition coefficient (Wildman–Crippen LogP) is 2.70. The minimum absolute atomic E-state index is 0.0936. The summed E-state index contributed by atoms with van der Waals surface area (Å²) in [6.45, 7) is 0.525. The molecule has 1 aromatic rings. The summed E-state index contributed by atoms with van der Waals surface area (Å²) in [7, 11) is 0. The lowest BCUT2D eigenvalue weighted by molar-refractivity contribution is -0.0119. The third kappa shape index (κ3) is 2.38. The number of rotatable bonds is 3. The molecular formula is C18H24N2O. The van der Waals surface area contributed by atoms with Crippen LogP contribution in [-0.2, 0) is 6.54 Å². The SMILES string of the molecule is NCc1ccc(C(=O)NC2C3CC4CC(C3)CC2C4)cc1. The molecule has 4 fully saturated rings. The molecular weight excluding hydrogens is 260 g/mol. The van der Waals surface area contributed by atoms with Crippen molar-refractivity contribution in [2.24, 2.45) is 29.4 Å². The Morgan fingerprint density at radius 1 is 1.00 bits per heavy atom. The van der Waals surface area contributed by atoms with Crippen LogP contribution in [0.3, 0.4) is 0 Å². The van der Waals surface area contributed by atoms with Gasteiger partial charge in [0.2, 0.25) is 0 Å². The molecule has 4 bridgehead atoms. The molecule has 0 spiro atoms. The average Bonchev–Trinajstić information content (AvgIpc) is 2.50. The molecule has 0 unspecified atom stereocenters. The maximum absolute atomic E-state index is 12.5. The van der Waals surface area contributed by atoms with Crippen molar-refractivity contribution < 1.29 is 4.79 Å². The van der Waals surface area contributed by atoms with Crippen LogP contribution in [0.5, 0.6) is 0 Å². The van der Waals surface area contributed by atoms with Crippen molar-refractivity contribution in [2.75, 3.05) is 0 Å². The normalized spacial score (nSPS) is 36.7. The molecule has 3 nitrogen and oxygen atoms in total. The first-order chi connectivity index (χ1) is 10.2. The second-order valence-corrected chi connectivity index (χ2v) is 7.33. The van der Waals surface area contributed by atoms with Gasteiger partial charge in [0.1, 0.15) is 0 Å². The van der Waals surface area contributed by atoms with E-state index in [2.05, 4.69) is 5.32 Å². The zero-order valence-electron chi connectivity index (χ0n) is 12.4. The van der Waals surface area contributed by atoms with Gasteiger partial charge < -0.3 is 11.1 Å². The molecule has 0 radical (unpaired) electrons. The lowest BCUT2D eigenvalue weighted by Crippen LogP contribution is -2.55.